The quantitative estimate of drug-likeness (QED) is 0.766. The maximum absolute atomic E-state index is 12.7. The van der Waals surface area contributed by atoms with E-state index in [1.807, 2.05) is 6.92 Å². The summed E-state index contributed by atoms with van der Waals surface area (Å²) in [4.78, 5) is 25.7. The van der Waals surface area contributed by atoms with Gasteiger partial charge in [0.15, 0.2) is 0 Å². The van der Waals surface area contributed by atoms with E-state index in [1.165, 1.54) is 0 Å². The smallest absolute Gasteiger partial charge is 0.329 e. The topological polar surface area (TPSA) is 69.6 Å². The molecule has 2 atom stereocenters. The highest BCUT2D eigenvalue weighted by Crippen LogP contribution is 2.36. The van der Waals surface area contributed by atoms with Crippen LogP contribution in [0.5, 0.6) is 0 Å². The second-order valence-electron chi connectivity index (χ2n) is 5.98. The summed E-state index contributed by atoms with van der Waals surface area (Å²) in [5.74, 6) is -0.891. The second kappa shape index (κ2) is 4.53. The van der Waals surface area contributed by atoms with Crippen LogP contribution in [0.3, 0.4) is 0 Å². The maximum atomic E-state index is 12.7. The van der Waals surface area contributed by atoms with Gasteiger partial charge in [-0.05, 0) is 46.1 Å². The van der Waals surface area contributed by atoms with Crippen molar-refractivity contribution in [1.82, 2.24) is 10.2 Å². The first-order valence-corrected chi connectivity index (χ1v) is 6.66. The summed E-state index contributed by atoms with van der Waals surface area (Å²) in [7, 11) is 0. The molecule has 2 heterocycles. The van der Waals surface area contributed by atoms with Crippen molar-refractivity contribution in [2.24, 2.45) is 5.41 Å². The van der Waals surface area contributed by atoms with Crippen molar-refractivity contribution >= 4 is 11.9 Å². The Morgan fingerprint density at radius 3 is 2.50 bits per heavy atom. The van der Waals surface area contributed by atoms with E-state index < -0.39 is 16.9 Å². The molecule has 2 rings (SSSR count). The van der Waals surface area contributed by atoms with Gasteiger partial charge in [0.05, 0.1) is 5.41 Å². The first-order valence-electron chi connectivity index (χ1n) is 6.66. The van der Waals surface area contributed by atoms with Crippen LogP contribution >= 0.6 is 0 Å². The van der Waals surface area contributed by atoms with Crippen LogP contribution < -0.4 is 5.32 Å². The van der Waals surface area contributed by atoms with Gasteiger partial charge in [0.2, 0.25) is 5.91 Å². The normalized spacial score (nSPS) is 36.7. The third-order valence-corrected chi connectivity index (χ3v) is 4.46. The molecule has 5 heteroatoms. The molecule has 2 unspecified atom stereocenters. The fourth-order valence-electron chi connectivity index (χ4n) is 3.08. The molecule has 0 aromatic heterocycles. The van der Waals surface area contributed by atoms with E-state index in [0.29, 0.717) is 19.5 Å². The van der Waals surface area contributed by atoms with E-state index in [-0.39, 0.29) is 5.91 Å². The molecule has 0 aromatic carbocycles. The molecule has 0 radical (unpaired) electrons. The molecule has 0 spiro atoms. The van der Waals surface area contributed by atoms with Crippen molar-refractivity contribution in [2.75, 3.05) is 19.6 Å². The summed E-state index contributed by atoms with van der Waals surface area (Å²) >= 11 is 0. The lowest BCUT2D eigenvalue weighted by atomic mass is 9.80. The van der Waals surface area contributed by atoms with Gasteiger partial charge >= 0.3 is 5.97 Å². The van der Waals surface area contributed by atoms with Crippen LogP contribution in [-0.4, -0.2) is 47.1 Å². The summed E-state index contributed by atoms with van der Waals surface area (Å²) in [5, 5.41) is 12.6. The predicted octanol–water partition coefficient (Wildman–Crippen LogP) is 0.842. The zero-order valence-electron chi connectivity index (χ0n) is 11.2. The molecule has 0 saturated carbocycles. The van der Waals surface area contributed by atoms with Crippen molar-refractivity contribution in [3.8, 4) is 0 Å². The minimum Gasteiger partial charge on any atom is -0.480 e. The molecule has 18 heavy (non-hydrogen) atoms. The Morgan fingerprint density at radius 2 is 1.94 bits per heavy atom. The number of carboxylic acid groups (broad SMARTS) is 1. The number of piperidine rings is 1. The van der Waals surface area contributed by atoms with Gasteiger partial charge in [-0.15, -0.1) is 0 Å². The Bertz CT molecular complexity index is 363. The fraction of sp³-hybridized carbons (Fsp3) is 0.846. The molecule has 0 bridgehead atoms. The molecular weight excluding hydrogens is 232 g/mol. The van der Waals surface area contributed by atoms with E-state index >= 15 is 0 Å². The summed E-state index contributed by atoms with van der Waals surface area (Å²) in [6.45, 7) is 5.77. The monoisotopic (exact) mass is 254 g/mol. The van der Waals surface area contributed by atoms with Crippen LogP contribution in [0.15, 0.2) is 0 Å². The molecule has 2 fully saturated rings. The minimum atomic E-state index is -1.02. The summed E-state index contributed by atoms with van der Waals surface area (Å²) in [5.41, 5.74) is -1.46. The number of amides is 1. The molecule has 1 amide bonds. The second-order valence-corrected chi connectivity index (χ2v) is 5.98. The molecule has 0 aromatic rings. The van der Waals surface area contributed by atoms with E-state index in [9.17, 15) is 14.7 Å². The highest BCUT2D eigenvalue weighted by atomic mass is 16.4. The minimum absolute atomic E-state index is 0.00269. The molecule has 102 valence electrons. The lowest BCUT2D eigenvalue weighted by Gasteiger charge is -2.40. The molecular formula is C13H22N2O3. The van der Waals surface area contributed by atoms with Crippen LogP contribution in [0.4, 0.5) is 0 Å². The highest BCUT2D eigenvalue weighted by Gasteiger charge is 2.50. The summed E-state index contributed by atoms with van der Waals surface area (Å²) in [6, 6.07) is 0. The van der Waals surface area contributed by atoms with Gasteiger partial charge in [0.1, 0.15) is 5.54 Å². The van der Waals surface area contributed by atoms with Crippen molar-refractivity contribution in [1.29, 1.82) is 0 Å². The molecule has 2 aliphatic heterocycles. The van der Waals surface area contributed by atoms with Crippen LogP contribution in [0, 0.1) is 5.41 Å². The van der Waals surface area contributed by atoms with E-state index in [4.69, 9.17) is 0 Å². The molecule has 5 nitrogen and oxygen atoms in total. The first-order chi connectivity index (χ1) is 8.40. The third-order valence-electron chi connectivity index (χ3n) is 4.46. The Hall–Kier alpha value is -1.10. The number of likely N-dealkylation sites (tertiary alicyclic amines) is 1. The molecule has 0 aliphatic carbocycles. The zero-order valence-corrected chi connectivity index (χ0v) is 11.2. The van der Waals surface area contributed by atoms with Crippen molar-refractivity contribution in [2.45, 2.75) is 45.1 Å². The molecule has 2 saturated heterocycles. The van der Waals surface area contributed by atoms with Gasteiger partial charge in [0, 0.05) is 13.1 Å². The molecule has 2 N–H and O–H groups in total. The van der Waals surface area contributed by atoms with Gasteiger partial charge < -0.3 is 15.3 Å². The number of nitrogens with one attached hydrogen (secondary N) is 1. The Morgan fingerprint density at radius 1 is 1.22 bits per heavy atom. The Balaban J connectivity index is 2.20. The van der Waals surface area contributed by atoms with Crippen LogP contribution in [-0.2, 0) is 9.59 Å². The Labute approximate surface area is 108 Å². The maximum Gasteiger partial charge on any atom is 0.329 e. The standard InChI is InChI=1S/C13H22N2O3/c1-12(5-3-7-14-9-12)10(16)15-8-4-6-13(15,2)11(17)18/h14H,3-9H2,1-2H3,(H,17,18). The van der Waals surface area contributed by atoms with Crippen LogP contribution in [0.1, 0.15) is 39.5 Å². The SMILES string of the molecule is CC1(C(=O)N2CCCC2(C)C(=O)O)CCCNC1. The number of carbonyl (C=O) groups excluding carboxylic acids is 1. The van der Waals surface area contributed by atoms with Crippen molar-refractivity contribution < 1.29 is 14.7 Å². The zero-order chi connectivity index (χ0) is 13.4. The number of aliphatic carboxylic acids is 1. The van der Waals surface area contributed by atoms with Crippen molar-refractivity contribution in [3.63, 3.8) is 0 Å². The lowest BCUT2D eigenvalue weighted by Crippen LogP contribution is -2.57. The summed E-state index contributed by atoms with van der Waals surface area (Å²) < 4.78 is 0. The van der Waals surface area contributed by atoms with Crippen molar-refractivity contribution in [3.05, 3.63) is 0 Å². The van der Waals surface area contributed by atoms with E-state index in [1.54, 1.807) is 11.8 Å². The average molecular weight is 254 g/mol. The Kier molecular flexibility index (Phi) is 3.36. The van der Waals surface area contributed by atoms with Gasteiger partial charge in [0.25, 0.3) is 0 Å². The number of hydrogen-bond acceptors (Lipinski definition) is 3. The lowest BCUT2D eigenvalue weighted by molar-refractivity contribution is -0.160. The van der Waals surface area contributed by atoms with Gasteiger partial charge in [-0.2, -0.15) is 0 Å². The van der Waals surface area contributed by atoms with E-state index in [0.717, 1.165) is 25.8 Å². The predicted molar refractivity (Wildman–Crippen MR) is 67.2 cm³/mol. The highest BCUT2D eigenvalue weighted by molar-refractivity contribution is 5.90. The third kappa shape index (κ3) is 2.00. The van der Waals surface area contributed by atoms with Crippen LogP contribution in [0.25, 0.3) is 0 Å². The first kappa shape index (κ1) is 13.3. The number of hydrogen-bond donors (Lipinski definition) is 2. The van der Waals surface area contributed by atoms with Crippen LogP contribution in [0.2, 0.25) is 0 Å². The average Bonchev–Trinajstić information content (AvgIpc) is 2.72. The number of rotatable bonds is 2. The largest absolute Gasteiger partial charge is 0.480 e. The van der Waals surface area contributed by atoms with Gasteiger partial charge in [-0.3, -0.25) is 4.79 Å². The number of carbonyl (C=O) groups is 2. The fourth-order valence-corrected chi connectivity index (χ4v) is 3.08. The van der Waals surface area contributed by atoms with Gasteiger partial charge in [-0.1, -0.05) is 0 Å². The van der Waals surface area contributed by atoms with Gasteiger partial charge in [-0.25, -0.2) is 4.79 Å². The number of nitrogens with zero attached hydrogens (tertiary/aromatic N) is 1. The summed E-state index contributed by atoms with van der Waals surface area (Å²) in [6.07, 6.45) is 3.14. The van der Waals surface area contributed by atoms with E-state index in [2.05, 4.69) is 5.32 Å². The number of carboxylic acids is 1. The molecule has 2 aliphatic rings.